The number of hydrogen-bond donors (Lipinski definition) is 3. The number of hydrogen-bond acceptors (Lipinski definition) is 3. The zero-order valence-corrected chi connectivity index (χ0v) is 15.3. The Morgan fingerprint density at radius 3 is 2.54 bits per heavy atom. The molecule has 6 heteroatoms. The van der Waals surface area contributed by atoms with Crippen LogP contribution < -0.4 is 16.0 Å². The second-order valence-corrected chi connectivity index (χ2v) is 7.26. The van der Waals surface area contributed by atoms with Gasteiger partial charge in [0.1, 0.15) is 5.54 Å². The molecule has 1 unspecified atom stereocenters. The lowest BCUT2D eigenvalue weighted by atomic mass is 9.96. The van der Waals surface area contributed by atoms with Crippen molar-refractivity contribution in [2.45, 2.75) is 63.1 Å². The number of carbonyl (C=O) groups excluding carboxylic acids is 2. The van der Waals surface area contributed by atoms with Crippen LogP contribution in [0.3, 0.4) is 0 Å². The summed E-state index contributed by atoms with van der Waals surface area (Å²) in [4.78, 5) is 25.1. The minimum absolute atomic E-state index is 0.0668. The van der Waals surface area contributed by atoms with Gasteiger partial charge in [0.2, 0.25) is 5.91 Å². The van der Waals surface area contributed by atoms with Crippen LogP contribution in [-0.2, 0) is 16.1 Å². The Labute approximate surface area is 155 Å². The minimum atomic E-state index is -0.780. The highest BCUT2D eigenvalue weighted by Crippen LogP contribution is 2.30. The van der Waals surface area contributed by atoms with Crippen molar-refractivity contribution in [1.82, 2.24) is 16.0 Å². The van der Waals surface area contributed by atoms with E-state index in [1.165, 1.54) is 0 Å². The van der Waals surface area contributed by atoms with Crippen LogP contribution in [-0.4, -0.2) is 36.7 Å². The van der Waals surface area contributed by atoms with Gasteiger partial charge >= 0.3 is 6.03 Å². The second kappa shape index (κ2) is 9.03. The molecular weight excluding hydrogens is 330 g/mol. The molecule has 3 amide bonds. The van der Waals surface area contributed by atoms with Crippen molar-refractivity contribution in [2.24, 2.45) is 0 Å². The van der Waals surface area contributed by atoms with Gasteiger partial charge in [0, 0.05) is 19.7 Å². The quantitative estimate of drug-likeness (QED) is 0.700. The van der Waals surface area contributed by atoms with E-state index in [2.05, 4.69) is 16.0 Å². The summed E-state index contributed by atoms with van der Waals surface area (Å²) in [5.74, 6) is -0.0668. The van der Waals surface area contributed by atoms with Crippen molar-refractivity contribution >= 4 is 11.9 Å². The van der Waals surface area contributed by atoms with Crippen LogP contribution in [0, 0.1) is 0 Å². The molecule has 26 heavy (non-hydrogen) atoms. The molecule has 0 spiro atoms. The molecule has 1 aromatic carbocycles. The van der Waals surface area contributed by atoms with Crippen molar-refractivity contribution in [3.05, 3.63) is 35.9 Å². The Morgan fingerprint density at radius 2 is 1.85 bits per heavy atom. The zero-order chi connectivity index (χ0) is 18.2. The van der Waals surface area contributed by atoms with Gasteiger partial charge in [-0.15, -0.1) is 0 Å². The first-order valence-electron chi connectivity index (χ1n) is 9.68. The molecule has 1 heterocycles. The second-order valence-electron chi connectivity index (χ2n) is 7.26. The van der Waals surface area contributed by atoms with E-state index in [9.17, 15) is 9.59 Å². The Kier molecular flexibility index (Phi) is 6.50. The van der Waals surface area contributed by atoms with Crippen molar-refractivity contribution < 1.29 is 14.3 Å². The lowest BCUT2D eigenvalue weighted by Crippen LogP contribution is -2.59. The molecule has 1 saturated carbocycles. The number of benzene rings is 1. The van der Waals surface area contributed by atoms with Crippen LogP contribution in [0.1, 0.15) is 50.5 Å². The van der Waals surface area contributed by atoms with E-state index in [0.29, 0.717) is 25.9 Å². The lowest BCUT2D eigenvalue weighted by Gasteiger charge is -2.29. The van der Waals surface area contributed by atoms with Crippen LogP contribution in [0.4, 0.5) is 4.79 Å². The molecule has 1 atom stereocenters. The molecule has 0 bridgehead atoms. The average Bonchev–Trinajstić information content (AvgIpc) is 3.33. The Hall–Kier alpha value is -2.08. The Bertz CT molecular complexity index is 594. The molecule has 2 aliphatic rings. The first-order valence-corrected chi connectivity index (χ1v) is 9.68. The maximum atomic E-state index is 12.8. The number of nitrogens with one attached hydrogen (secondary N) is 3. The fourth-order valence-electron chi connectivity index (χ4n) is 3.81. The van der Waals surface area contributed by atoms with Crippen molar-refractivity contribution in [3.8, 4) is 0 Å². The standard InChI is InChI=1S/C20H29N3O3/c24-18(21-13-10-17-9-6-14-26-17)20(11-4-5-12-20)23-19(25)22-15-16-7-2-1-3-8-16/h1-3,7-8,17H,4-6,9-15H2,(H,21,24)(H2,22,23,25). The van der Waals surface area contributed by atoms with Gasteiger partial charge in [-0.1, -0.05) is 43.2 Å². The fraction of sp³-hybridized carbons (Fsp3) is 0.600. The summed E-state index contributed by atoms with van der Waals surface area (Å²) in [5.41, 5.74) is 0.251. The predicted molar refractivity (Wildman–Crippen MR) is 99.6 cm³/mol. The first kappa shape index (κ1) is 18.7. The average molecular weight is 359 g/mol. The Morgan fingerprint density at radius 1 is 1.08 bits per heavy atom. The molecule has 0 radical (unpaired) electrons. The minimum Gasteiger partial charge on any atom is -0.378 e. The van der Waals surface area contributed by atoms with Crippen LogP contribution in [0.25, 0.3) is 0 Å². The maximum absolute atomic E-state index is 12.8. The van der Waals surface area contributed by atoms with Gasteiger partial charge in [0.15, 0.2) is 0 Å². The lowest BCUT2D eigenvalue weighted by molar-refractivity contribution is -0.127. The summed E-state index contributed by atoms with van der Waals surface area (Å²) in [6.07, 6.45) is 6.57. The van der Waals surface area contributed by atoms with Gasteiger partial charge in [-0.2, -0.15) is 0 Å². The smallest absolute Gasteiger partial charge is 0.315 e. The molecule has 1 aliphatic heterocycles. The van der Waals surface area contributed by atoms with Gasteiger partial charge in [0.05, 0.1) is 6.10 Å². The maximum Gasteiger partial charge on any atom is 0.315 e. The molecule has 1 saturated heterocycles. The molecule has 3 N–H and O–H groups in total. The van der Waals surface area contributed by atoms with Gasteiger partial charge in [-0.25, -0.2) is 4.79 Å². The van der Waals surface area contributed by atoms with Crippen molar-refractivity contribution in [3.63, 3.8) is 0 Å². The topological polar surface area (TPSA) is 79.5 Å². The number of amides is 3. The van der Waals surface area contributed by atoms with E-state index < -0.39 is 5.54 Å². The molecular formula is C20H29N3O3. The highest BCUT2D eigenvalue weighted by Gasteiger charge is 2.42. The third kappa shape index (κ3) is 4.97. The highest BCUT2D eigenvalue weighted by atomic mass is 16.5. The third-order valence-corrected chi connectivity index (χ3v) is 5.32. The van der Waals surface area contributed by atoms with Crippen LogP contribution in [0.2, 0.25) is 0 Å². The molecule has 3 rings (SSSR count). The van der Waals surface area contributed by atoms with E-state index in [0.717, 1.165) is 44.3 Å². The number of carbonyl (C=O) groups is 2. The summed E-state index contributed by atoms with van der Waals surface area (Å²) < 4.78 is 5.59. The van der Waals surface area contributed by atoms with Crippen LogP contribution >= 0.6 is 0 Å². The molecule has 6 nitrogen and oxygen atoms in total. The number of ether oxygens (including phenoxy) is 1. The van der Waals surface area contributed by atoms with E-state index >= 15 is 0 Å². The number of rotatable bonds is 7. The van der Waals surface area contributed by atoms with Crippen molar-refractivity contribution in [1.29, 1.82) is 0 Å². The normalized spacial score (nSPS) is 21.3. The van der Waals surface area contributed by atoms with Crippen LogP contribution in [0.15, 0.2) is 30.3 Å². The largest absolute Gasteiger partial charge is 0.378 e. The summed E-state index contributed by atoms with van der Waals surface area (Å²) in [6, 6.07) is 9.46. The summed E-state index contributed by atoms with van der Waals surface area (Å²) in [7, 11) is 0. The first-order chi connectivity index (χ1) is 12.7. The zero-order valence-electron chi connectivity index (χ0n) is 15.3. The van der Waals surface area contributed by atoms with Gasteiger partial charge < -0.3 is 20.7 Å². The van der Waals surface area contributed by atoms with Gasteiger partial charge in [-0.3, -0.25) is 4.79 Å². The molecule has 1 aliphatic carbocycles. The Balaban J connectivity index is 1.48. The molecule has 0 aromatic heterocycles. The van der Waals surface area contributed by atoms with E-state index in [-0.39, 0.29) is 18.0 Å². The molecule has 2 fully saturated rings. The van der Waals surface area contributed by atoms with Gasteiger partial charge in [-0.05, 0) is 37.7 Å². The monoisotopic (exact) mass is 359 g/mol. The van der Waals surface area contributed by atoms with Gasteiger partial charge in [0.25, 0.3) is 0 Å². The van der Waals surface area contributed by atoms with Crippen molar-refractivity contribution in [2.75, 3.05) is 13.2 Å². The fourth-order valence-corrected chi connectivity index (χ4v) is 3.81. The molecule has 142 valence electrons. The van der Waals surface area contributed by atoms with E-state index in [4.69, 9.17) is 4.74 Å². The summed E-state index contributed by atoms with van der Waals surface area (Å²) in [6.45, 7) is 1.87. The molecule has 1 aromatic rings. The predicted octanol–water partition coefficient (Wildman–Crippen LogP) is 2.48. The summed E-state index contributed by atoms with van der Waals surface area (Å²) >= 11 is 0. The van der Waals surface area contributed by atoms with E-state index in [1.807, 2.05) is 30.3 Å². The SMILES string of the molecule is O=C(NCc1ccccc1)NC1(C(=O)NCCC2CCCO2)CCCC1. The van der Waals surface area contributed by atoms with E-state index in [1.54, 1.807) is 0 Å². The summed E-state index contributed by atoms with van der Waals surface area (Å²) in [5, 5.41) is 8.81. The number of urea groups is 1. The van der Waals surface area contributed by atoms with Crippen LogP contribution in [0.5, 0.6) is 0 Å². The highest BCUT2D eigenvalue weighted by molar-refractivity contribution is 5.91. The third-order valence-electron chi connectivity index (χ3n) is 5.32.